The first-order chi connectivity index (χ1) is 6.67. The van der Waals surface area contributed by atoms with Gasteiger partial charge in [0.25, 0.3) is 0 Å². The highest BCUT2D eigenvalue weighted by Gasteiger charge is 2.18. The van der Waals surface area contributed by atoms with Gasteiger partial charge in [-0.2, -0.15) is 0 Å². The number of carbonyl (C=O) groups is 2. The molecular formula is C8H14N3O3. The molecule has 0 aromatic carbocycles. The van der Waals surface area contributed by atoms with Gasteiger partial charge >= 0.3 is 0 Å². The number of imide groups is 1. The number of carbonyl (C=O) groups excluding carboxylic acids is 3. The minimum atomic E-state index is -0.501. The average molecular weight is 200 g/mol. The Kier molecular flexibility index (Phi) is 6.51. The van der Waals surface area contributed by atoms with Gasteiger partial charge in [-0.25, -0.2) is 0 Å². The van der Waals surface area contributed by atoms with Crippen LogP contribution in [-0.2, 0) is 14.4 Å². The first kappa shape index (κ1) is 12.7. The molecule has 79 valence electrons. The fraction of sp³-hybridized carbons (Fsp3) is 0.625. The quantitative estimate of drug-likeness (QED) is 0.523. The fourth-order valence-electron chi connectivity index (χ4n) is 0.915. The summed E-state index contributed by atoms with van der Waals surface area (Å²) in [6, 6.07) is 0. The molecule has 4 N–H and O–H groups in total. The van der Waals surface area contributed by atoms with Crippen molar-refractivity contribution >= 4 is 18.1 Å². The van der Waals surface area contributed by atoms with Crippen molar-refractivity contribution in [2.75, 3.05) is 19.6 Å². The third-order valence-corrected chi connectivity index (χ3v) is 1.57. The normalized spacial score (nSPS) is 9.57. The summed E-state index contributed by atoms with van der Waals surface area (Å²) in [5.74, 6) is -0.906. The van der Waals surface area contributed by atoms with Gasteiger partial charge in [-0.15, -0.1) is 0 Å². The van der Waals surface area contributed by atoms with Crippen molar-refractivity contribution in [2.24, 2.45) is 11.5 Å². The maximum Gasteiger partial charge on any atom is 0.242 e. The Morgan fingerprint density at radius 1 is 1.21 bits per heavy atom. The molecule has 0 bridgehead atoms. The third kappa shape index (κ3) is 4.11. The molecule has 0 spiro atoms. The molecule has 0 fully saturated rings. The van der Waals surface area contributed by atoms with Crippen LogP contribution < -0.4 is 11.5 Å². The zero-order valence-electron chi connectivity index (χ0n) is 7.86. The van der Waals surface area contributed by atoms with E-state index in [2.05, 4.69) is 0 Å². The third-order valence-electron chi connectivity index (χ3n) is 1.57. The Hall–Kier alpha value is -1.27. The smallest absolute Gasteiger partial charge is 0.242 e. The lowest BCUT2D eigenvalue weighted by molar-refractivity contribution is -0.143. The van der Waals surface area contributed by atoms with Gasteiger partial charge in [0.1, 0.15) is 0 Å². The Balaban J connectivity index is 4.29. The summed E-state index contributed by atoms with van der Waals surface area (Å²) in [6.45, 7) is -0.0640. The monoisotopic (exact) mass is 200 g/mol. The summed E-state index contributed by atoms with van der Waals surface area (Å²) in [5.41, 5.74) is 10.3. The average Bonchev–Trinajstić information content (AvgIpc) is 2.18. The van der Waals surface area contributed by atoms with Crippen molar-refractivity contribution in [3.8, 4) is 0 Å². The van der Waals surface area contributed by atoms with E-state index in [0.29, 0.717) is 0 Å². The van der Waals surface area contributed by atoms with Crippen molar-refractivity contribution < 1.29 is 14.4 Å². The van der Waals surface area contributed by atoms with Crippen LogP contribution >= 0.6 is 0 Å². The second-order valence-electron chi connectivity index (χ2n) is 2.58. The van der Waals surface area contributed by atoms with Crippen LogP contribution in [0.2, 0.25) is 0 Å². The van der Waals surface area contributed by atoms with E-state index in [1.54, 1.807) is 6.29 Å². The molecule has 0 aliphatic carbocycles. The molecule has 1 radical (unpaired) electrons. The maximum absolute atomic E-state index is 11.3. The van der Waals surface area contributed by atoms with Crippen LogP contribution in [0.25, 0.3) is 0 Å². The maximum atomic E-state index is 11.3. The molecule has 0 aromatic heterocycles. The van der Waals surface area contributed by atoms with Crippen LogP contribution in [0, 0.1) is 0 Å². The van der Waals surface area contributed by atoms with Crippen LogP contribution in [0.3, 0.4) is 0 Å². The van der Waals surface area contributed by atoms with Crippen LogP contribution in [0.1, 0.15) is 12.8 Å². The summed E-state index contributed by atoms with van der Waals surface area (Å²) in [7, 11) is 0. The van der Waals surface area contributed by atoms with Gasteiger partial charge in [-0.1, -0.05) is 0 Å². The number of rotatable bonds is 6. The second kappa shape index (κ2) is 7.16. The molecule has 6 nitrogen and oxygen atoms in total. The Labute approximate surface area is 82.2 Å². The number of hydrogen-bond acceptors (Lipinski definition) is 5. The standard InChI is InChI=1S/C8H14N3O3/c9-3-2-7(13)11(4-1-5-12)8(14)6-10/h1-4,6,9-10H2. The molecule has 14 heavy (non-hydrogen) atoms. The van der Waals surface area contributed by atoms with Crippen molar-refractivity contribution in [2.45, 2.75) is 12.8 Å². The SMILES string of the molecule is NCCC(=O)N(CC[C]=O)C(=O)CN. The summed E-state index contributed by atoms with van der Waals surface area (Å²) >= 11 is 0. The minimum Gasteiger partial charge on any atom is -0.330 e. The summed E-state index contributed by atoms with van der Waals surface area (Å²) in [5, 5.41) is 0. The molecule has 0 aromatic rings. The molecular weight excluding hydrogens is 186 g/mol. The molecule has 0 unspecified atom stereocenters. The van der Waals surface area contributed by atoms with Crippen LogP contribution in [0.4, 0.5) is 0 Å². The topological polar surface area (TPSA) is 106 Å². The molecule has 0 aliphatic heterocycles. The predicted molar refractivity (Wildman–Crippen MR) is 49.8 cm³/mol. The Morgan fingerprint density at radius 3 is 2.29 bits per heavy atom. The van der Waals surface area contributed by atoms with Gasteiger partial charge in [0, 0.05) is 25.9 Å². The zero-order chi connectivity index (χ0) is 11.0. The highest BCUT2D eigenvalue weighted by molar-refractivity contribution is 5.96. The Bertz CT molecular complexity index is 218. The van der Waals surface area contributed by atoms with Crippen molar-refractivity contribution in [3.05, 3.63) is 0 Å². The fourth-order valence-corrected chi connectivity index (χ4v) is 0.915. The van der Waals surface area contributed by atoms with Gasteiger partial charge in [0.2, 0.25) is 11.8 Å². The van der Waals surface area contributed by atoms with Gasteiger partial charge in [0.05, 0.1) is 6.54 Å². The van der Waals surface area contributed by atoms with Crippen LogP contribution in [0.5, 0.6) is 0 Å². The number of hydrogen-bond donors (Lipinski definition) is 2. The predicted octanol–water partition coefficient (Wildman–Crippen LogP) is -1.85. The summed E-state index contributed by atoms with van der Waals surface area (Å²) in [4.78, 5) is 33.3. The highest BCUT2D eigenvalue weighted by atomic mass is 16.2. The second-order valence-corrected chi connectivity index (χ2v) is 2.58. The van der Waals surface area contributed by atoms with Gasteiger partial charge in [-0.05, 0) is 0 Å². The van der Waals surface area contributed by atoms with Crippen molar-refractivity contribution in [1.29, 1.82) is 0 Å². The van der Waals surface area contributed by atoms with E-state index in [1.165, 1.54) is 0 Å². The number of nitrogens with two attached hydrogens (primary N) is 2. The first-order valence-electron chi connectivity index (χ1n) is 4.25. The minimum absolute atomic E-state index is 0.00204. The van der Waals surface area contributed by atoms with E-state index in [0.717, 1.165) is 4.90 Å². The lowest BCUT2D eigenvalue weighted by Gasteiger charge is -2.18. The van der Waals surface area contributed by atoms with Gasteiger partial charge in [-0.3, -0.25) is 19.3 Å². The summed E-state index contributed by atoms with van der Waals surface area (Å²) < 4.78 is 0. The van der Waals surface area contributed by atoms with E-state index in [9.17, 15) is 14.4 Å². The molecule has 2 amide bonds. The van der Waals surface area contributed by atoms with E-state index >= 15 is 0 Å². The largest absolute Gasteiger partial charge is 0.330 e. The molecule has 6 heteroatoms. The lowest BCUT2D eigenvalue weighted by atomic mass is 10.3. The molecule has 0 atom stereocenters. The molecule has 0 heterocycles. The van der Waals surface area contributed by atoms with E-state index in [4.69, 9.17) is 11.5 Å². The lowest BCUT2D eigenvalue weighted by Crippen LogP contribution is -2.42. The van der Waals surface area contributed by atoms with Crippen molar-refractivity contribution in [3.63, 3.8) is 0 Å². The van der Waals surface area contributed by atoms with Crippen LogP contribution in [-0.4, -0.2) is 42.6 Å². The highest BCUT2D eigenvalue weighted by Crippen LogP contribution is 1.95. The van der Waals surface area contributed by atoms with Gasteiger partial charge < -0.3 is 11.5 Å². The van der Waals surface area contributed by atoms with E-state index in [-0.39, 0.29) is 32.5 Å². The summed E-state index contributed by atoms with van der Waals surface area (Å²) in [6.07, 6.45) is 1.68. The van der Waals surface area contributed by atoms with Gasteiger partial charge in [0.15, 0.2) is 6.29 Å². The zero-order valence-corrected chi connectivity index (χ0v) is 7.86. The molecule has 0 rings (SSSR count). The number of nitrogens with zero attached hydrogens (tertiary/aromatic N) is 1. The molecule has 0 saturated heterocycles. The Morgan fingerprint density at radius 2 is 1.86 bits per heavy atom. The van der Waals surface area contributed by atoms with E-state index in [1.807, 2.05) is 0 Å². The van der Waals surface area contributed by atoms with Crippen molar-refractivity contribution in [1.82, 2.24) is 4.90 Å². The van der Waals surface area contributed by atoms with E-state index < -0.39 is 11.8 Å². The molecule has 0 saturated carbocycles. The molecule has 0 aliphatic rings. The number of amides is 2. The first-order valence-corrected chi connectivity index (χ1v) is 4.25. The van der Waals surface area contributed by atoms with Crippen LogP contribution in [0.15, 0.2) is 0 Å².